The van der Waals surface area contributed by atoms with Crippen molar-refractivity contribution >= 4 is 11.8 Å². The molecule has 0 fully saturated rings. The fourth-order valence-electron chi connectivity index (χ4n) is 2.38. The first-order chi connectivity index (χ1) is 9.33. The summed E-state index contributed by atoms with van der Waals surface area (Å²) in [6.07, 6.45) is 6.87. The monoisotopic (exact) mass is 248 g/mol. The largest absolute Gasteiger partial charge is 0.293 e. The van der Waals surface area contributed by atoms with Gasteiger partial charge in [0.05, 0.1) is 5.69 Å². The molecule has 2 aromatic rings. The molecular weight excluding hydrogens is 232 g/mol. The Morgan fingerprint density at radius 2 is 1.95 bits per heavy atom. The van der Waals surface area contributed by atoms with Gasteiger partial charge >= 0.3 is 0 Å². The Hall–Kier alpha value is -2.22. The van der Waals surface area contributed by atoms with Gasteiger partial charge < -0.3 is 0 Å². The lowest BCUT2D eigenvalue weighted by Gasteiger charge is -2.12. The molecule has 94 valence electrons. The van der Waals surface area contributed by atoms with Gasteiger partial charge in [-0.25, -0.2) is 0 Å². The van der Waals surface area contributed by atoms with E-state index < -0.39 is 0 Å². The average Bonchev–Trinajstić information content (AvgIpc) is 2.48. The zero-order valence-electron chi connectivity index (χ0n) is 11.0. The number of aromatic nitrogens is 1. The molecule has 0 saturated carbocycles. The van der Waals surface area contributed by atoms with Crippen molar-refractivity contribution in [2.45, 2.75) is 13.3 Å². The molecule has 2 heterocycles. The highest BCUT2D eigenvalue weighted by atomic mass is 14.7. The molecule has 19 heavy (non-hydrogen) atoms. The second-order valence-electron chi connectivity index (χ2n) is 4.80. The number of dihydropyridines is 1. The van der Waals surface area contributed by atoms with E-state index in [1.54, 1.807) is 0 Å². The van der Waals surface area contributed by atoms with Crippen molar-refractivity contribution in [2.24, 2.45) is 4.99 Å². The summed E-state index contributed by atoms with van der Waals surface area (Å²) in [6, 6.07) is 12.7. The summed E-state index contributed by atoms with van der Waals surface area (Å²) in [5.74, 6) is 0. The molecular formula is C17H16N2. The van der Waals surface area contributed by atoms with Gasteiger partial charge in [-0.1, -0.05) is 12.1 Å². The Bertz CT molecular complexity index is 640. The number of aryl methyl sites for hydroxylation is 1. The fraction of sp³-hybridized carbons (Fsp3) is 0.176. The van der Waals surface area contributed by atoms with E-state index in [2.05, 4.69) is 47.2 Å². The van der Waals surface area contributed by atoms with Crippen LogP contribution in [0.25, 0.3) is 16.8 Å². The Morgan fingerprint density at radius 3 is 2.68 bits per heavy atom. The van der Waals surface area contributed by atoms with Crippen molar-refractivity contribution < 1.29 is 0 Å². The third kappa shape index (κ3) is 2.63. The molecule has 1 aliphatic rings. The number of rotatable bonds is 2. The van der Waals surface area contributed by atoms with Gasteiger partial charge in [-0.15, -0.1) is 0 Å². The van der Waals surface area contributed by atoms with Crippen molar-refractivity contribution in [3.05, 3.63) is 59.8 Å². The van der Waals surface area contributed by atoms with Gasteiger partial charge in [-0.2, -0.15) is 0 Å². The minimum Gasteiger partial charge on any atom is -0.293 e. The van der Waals surface area contributed by atoms with E-state index in [-0.39, 0.29) is 0 Å². The maximum absolute atomic E-state index is 4.43. The van der Waals surface area contributed by atoms with Crippen LogP contribution in [0.3, 0.4) is 0 Å². The highest BCUT2D eigenvalue weighted by Crippen LogP contribution is 2.26. The van der Waals surface area contributed by atoms with Gasteiger partial charge in [0.1, 0.15) is 0 Å². The van der Waals surface area contributed by atoms with Crippen molar-refractivity contribution in [3.8, 4) is 11.3 Å². The van der Waals surface area contributed by atoms with Gasteiger partial charge in [-0.05, 0) is 60.4 Å². The zero-order valence-corrected chi connectivity index (χ0v) is 11.0. The van der Waals surface area contributed by atoms with Gasteiger partial charge in [0.2, 0.25) is 0 Å². The first-order valence-electron chi connectivity index (χ1n) is 6.55. The number of hydrogen-bond acceptors (Lipinski definition) is 2. The quantitative estimate of drug-likeness (QED) is 0.791. The van der Waals surface area contributed by atoms with Crippen molar-refractivity contribution in [2.75, 3.05) is 6.54 Å². The number of hydrogen-bond donors (Lipinski definition) is 0. The lowest BCUT2D eigenvalue weighted by atomic mass is 9.96. The van der Waals surface area contributed by atoms with Gasteiger partial charge in [0.25, 0.3) is 0 Å². The van der Waals surface area contributed by atoms with Crippen molar-refractivity contribution in [1.82, 2.24) is 4.98 Å². The van der Waals surface area contributed by atoms with E-state index in [0.29, 0.717) is 0 Å². The molecule has 0 N–H and O–H groups in total. The molecule has 0 atom stereocenters. The molecule has 0 aliphatic carbocycles. The van der Waals surface area contributed by atoms with Crippen LogP contribution >= 0.6 is 0 Å². The molecule has 2 nitrogen and oxygen atoms in total. The highest BCUT2D eigenvalue weighted by molar-refractivity contribution is 5.87. The number of benzene rings is 1. The minimum absolute atomic E-state index is 0.888. The Labute approximate surface area is 113 Å². The van der Waals surface area contributed by atoms with Crippen LogP contribution in [0.4, 0.5) is 0 Å². The number of nitrogens with zero attached hydrogens (tertiary/aromatic N) is 2. The summed E-state index contributed by atoms with van der Waals surface area (Å²) >= 11 is 0. The molecule has 3 rings (SSSR count). The number of allylic oxidation sites excluding steroid dienone is 1. The maximum Gasteiger partial charge on any atom is 0.0702 e. The molecule has 1 aliphatic heterocycles. The van der Waals surface area contributed by atoms with Crippen LogP contribution in [0.15, 0.2) is 53.7 Å². The predicted molar refractivity (Wildman–Crippen MR) is 80.4 cm³/mol. The standard InChI is InChI=1S/C17H16N2/c1-13-10-15(14-5-8-18-9-6-14)12-16(11-13)17-4-2-3-7-19-17/h2-5,7-8,10-12H,6,9H2,1H3. The van der Waals surface area contributed by atoms with E-state index in [4.69, 9.17) is 0 Å². The Kier molecular flexibility index (Phi) is 3.23. The minimum atomic E-state index is 0.888. The lowest BCUT2D eigenvalue weighted by Crippen LogP contribution is -1.96. The Balaban J connectivity index is 2.06. The first kappa shape index (κ1) is 11.8. The molecule has 0 amide bonds. The van der Waals surface area contributed by atoms with Crippen LogP contribution in [-0.2, 0) is 0 Å². The van der Waals surface area contributed by atoms with Gasteiger partial charge in [-0.3, -0.25) is 9.98 Å². The SMILES string of the molecule is Cc1cc(C2=CC=NCC2)cc(-c2ccccn2)c1. The summed E-state index contributed by atoms with van der Waals surface area (Å²) < 4.78 is 0. The molecule has 0 saturated heterocycles. The third-order valence-corrected chi connectivity index (χ3v) is 3.30. The lowest BCUT2D eigenvalue weighted by molar-refractivity contribution is 1.02. The summed E-state index contributed by atoms with van der Waals surface area (Å²) in [4.78, 5) is 8.67. The molecule has 2 heteroatoms. The van der Waals surface area contributed by atoms with E-state index in [1.165, 1.54) is 22.3 Å². The molecule has 0 unspecified atom stereocenters. The number of aliphatic imine (C=N–C) groups is 1. The van der Waals surface area contributed by atoms with E-state index in [9.17, 15) is 0 Å². The van der Waals surface area contributed by atoms with Crippen LogP contribution in [0, 0.1) is 6.92 Å². The van der Waals surface area contributed by atoms with Crippen LogP contribution in [0.5, 0.6) is 0 Å². The first-order valence-corrected chi connectivity index (χ1v) is 6.55. The van der Waals surface area contributed by atoms with Gasteiger partial charge in [0, 0.05) is 24.5 Å². The summed E-state index contributed by atoms with van der Waals surface area (Å²) in [5.41, 5.74) is 6.11. The van der Waals surface area contributed by atoms with Crippen LogP contribution in [0.1, 0.15) is 17.5 Å². The smallest absolute Gasteiger partial charge is 0.0702 e. The normalized spacial score (nSPS) is 14.3. The van der Waals surface area contributed by atoms with Gasteiger partial charge in [0.15, 0.2) is 0 Å². The third-order valence-electron chi connectivity index (χ3n) is 3.30. The average molecular weight is 248 g/mol. The second-order valence-corrected chi connectivity index (χ2v) is 4.80. The molecule has 1 aromatic heterocycles. The number of pyridine rings is 1. The Morgan fingerprint density at radius 1 is 1.05 bits per heavy atom. The molecule has 0 bridgehead atoms. The predicted octanol–water partition coefficient (Wildman–Crippen LogP) is 3.91. The maximum atomic E-state index is 4.43. The van der Waals surface area contributed by atoms with Crippen LogP contribution < -0.4 is 0 Å². The topological polar surface area (TPSA) is 25.2 Å². The second kappa shape index (κ2) is 5.19. The fourth-order valence-corrected chi connectivity index (χ4v) is 2.38. The van der Waals surface area contributed by atoms with Crippen molar-refractivity contribution in [3.63, 3.8) is 0 Å². The summed E-state index contributed by atoms with van der Waals surface area (Å²) in [7, 11) is 0. The molecule has 1 aromatic carbocycles. The summed E-state index contributed by atoms with van der Waals surface area (Å²) in [6.45, 7) is 3.02. The molecule has 0 radical (unpaired) electrons. The molecule has 0 spiro atoms. The van der Waals surface area contributed by atoms with Crippen LogP contribution in [0.2, 0.25) is 0 Å². The van der Waals surface area contributed by atoms with Crippen LogP contribution in [-0.4, -0.2) is 17.7 Å². The van der Waals surface area contributed by atoms with E-state index >= 15 is 0 Å². The van der Waals surface area contributed by atoms with E-state index in [1.807, 2.05) is 24.5 Å². The highest BCUT2D eigenvalue weighted by Gasteiger charge is 2.07. The summed E-state index contributed by atoms with van der Waals surface area (Å²) in [5, 5.41) is 0. The van der Waals surface area contributed by atoms with Crippen molar-refractivity contribution in [1.29, 1.82) is 0 Å². The zero-order chi connectivity index (χ0) is 13.1. The van der Waals surface area contributed by atoms with E-state index in [0.717, 1.165) is 18.7 Å².